The summed E-state index contributed by atoms with van der Waals surface area (Å²) in [5, 5.41) is 24.7. The minimum absolute atomic E-state index is 0.463. The van der Waals surface area contributed by atoms with Gasteiger partial charge in [0.05, 0.1) is 11.5 Å². The number of nitrogens with zero attached hydrogens (tertiary/aromatic N) is 4. The first-order chi connectivity index (χ1) is 10.1. The van der Waals surface area contributed by atoms with Crippen molar-refractivity contribution in [2.45, 2.75) is 36.7 Å². The topological polar surface area (TPSA) is 74.7 Å². The fraction of sp³-hybridized carbons (Fsp3) is 0.438. The Morgan fingerprint density at radius 3 is 2.38 bits per heavy atom. The molecular weight excluding hydrogens is 264 g/mol. The first kappa shape index (κ1) is 13.8. The summed E-state index contributed by atoms with van der Waals surface area (Å²) in [4.78, 5) is 4.18. The van der Waals surface area contributed by atoms with E-state index >= 15 is 0 Å². The number of aromatic nitrogens is 3. The van der Waals surface area contributed by atoms with Gasteiger partial charge in [-0.1, -0.05) is 30.3 Å². The van der Waals surface area contributed by atoms with E-state index in [1.54, 1.807) is 18.1 Å². The molecule has 1 aliphatic rings. The minimum Gasteiger partial charge on any atom is -0.382 e. The van der Waals surface area contributed by atoms with Crippen LogP contribution in [0.5, 0.6) is 0 Å². The zero-order valence-electron chi connectivity index (χ0n) is 12.0. The molecule has 0 spiro atoms. The summed E-state index contributed by atoms with van der Waals surface area (Å²) in [5.74, 6) is 0.463. The van der Waals surface area contributed by atoms with Crippen molar-refractivity contribution < 1.29 is 5.11 Å². The molecule has 0 aliphatic heterocycles. The van der Waals surface area contributed by atoms with E-state index < -0.39 is 11.0 Å². The Morgan fingerprint density at radius 1 is 1.19 bits per heavy atom. The largest absolute Gasteiger partial charge is 0.382 e. The molecule has 1 aliphatic carbocycles. The van der Waals surface area contributed by atoms with Crippen LogP contribution in [-0.2, 0) is 18.1 Å². The van der Waals surface area contributed by atoms with Crippen molar-refractivity contribution in [3.05, 3.63) is 48.0 Å². The average Bonchev–Trinajstić information content (AvgIpc) is 2.97. The normalized spacial score (nSPS) is 29.0. The van der Waals surface area contributed by atoms with Crippen molar-refractivity contribution in [3.8, 4) is 6.07 Å². The highest BCUT2D eigenvalue weighted by atomic mass is 16.3. The number of aryl methyl sites for hydroxylation is 1. The Morgan fingerprint density at radius 2 is 1.86 bits per heavy atom. The molecule has 5 nitrogen and oxygen atoms in total. The summed E-state index contributed by atoms with van der Waals surface area (Å²) >= 11 is 0. The lowest BCUT2D eigenvalue weighted by atomic mass is 9.66. The summed E-state index contributed by atoms with van der Waals surface area (Å²) in [6, 6.07) is 12.3. The molecule has 1 aromatic carbocycles. The minimum atomic E-state index is -1.02. The van der Waals surface area contributed by atoms with Crippen LogP contribution in [0, 0.1) is 11.3 Å². The number of aliphatic hydroxyl groups is 1. The van der Waals surface area contributed by atoms with Crippen LogP contribution in [0.15, 0.2) is 36.7 Å². The molecule has 0 amide bonds. The predicted octanol–water partition coefficient (Wildman–Crippen LogP) is 2.04. The molecule has 21 heavy (non-hydrogen) atoms. The third kappa shape index (κ3) is 2.32. The molecular formula is C16H18N4O. The van der Waals surface area contributed by atoms with Gasteiger partial charge in [0.2, 0.25) is 0 Å². The van der Waals surface area contributed by atoms with Crippen molar-refractivity contribution in [1.82, 2.24) is 14.8 Å². The molecule has 0 unspecified atom stereocenters. The second-order valence-electron chi connectivity index (χ2n) is 5.83. The fourth-order valence-corrected chi connectivity index (χ4v) is 3.09. The number of benzene rings is 1. The monoisotopic (exact) mass is 282 g/mol. The second kappa shape index (κ2) is 4.97. The molecule has 1 N–H and O–H groups in total. The zero-order valence-corrected chi connectivity index (χ0v) is 12.0. The smallest absolute Gasteiger partial charge is 0.182 e. The number of rotatable bonds is 2. The number of hydrogen-bond donors (Lipinski definition) is 1. The lowest BCUT2D eigenvalue weighted by molar-refractivity contribution is -0.0215. The van der Waals surface area contributed by atoms with E-state index in [1.165, 1.54) is 0 Å². The van der Waals surface area contributed by atoms with E-state index in [4.69, 9.17) is 0 Å². The van der Waals surface area contributed by atoms with Crippen LogP contribution in [0.2, 0.25) is 0 Å². The lowest BCUT2D eigenvalue weighted by Gasteiger charge is -2.39. The van der Waals surface area contributed by atoms with Crippen LogP contribution in [-0.4, -0.2) is 19.9 Å². The molecule has 1 fully saturated rings. The van der Waals surface area contributed by atoms with E-state index in [-0.39, 0.29) is 0 Å². The Bertz CT molecular complexity index is 663. The predicted molar refractivity (Wildman–Crippen MR) is 77.1 cm³/mol. The number of nitriles is 1. The van der Waals surface area contributed by atoms with Gasteiger partial charge in [-0.15, -0.1) is 0 Å². The van der Waals surface area contributed by atoms with Crippen LogP contribution in [0.3, 0.4) is 0 Å². The molecule has 1 heterocycles. The van der Waals surface area contributed by atoms with E-state index in [0.29, 0.717) is 31.5 Å². The van der Waals surface area contributed by atoms with E-state index in [2.05, 4.69) is 16.2 Å². The fourth-order valence-electron chi connectivity index (χ4n) is 3.09. The molecule has 5 heteroatoms. The van der Waals surface area contributed by atoms with Crippen molar-refractivity contribution in [2.24, 2.45) is 7.05 Å². The highest BCUT2D eigenvalue weighted by Gasteiger charge is 2.45. The Hall–Kier alpha value is -2.19. The van der Waals surface area contributed by atoms with Crippen LogP contribution >= 0.6 is 0 Å². The van der Waals surface area contributed by atoms with Crippen LogP contribution in [0.25, 0.3) is 0 Å². The quantitative estimate of drug-likeness (QED) is 0.914. The van der Waals surface area contributed by atoms with Crippen LogP contribution in [0.1, 0.15) is 37.1 Å². The molecule has 1 aromatic heterocycles. The lowest BCUT2D eigenvalue weighted by Crippen LogP contribution is -2.39. The van der Waals surface area contributed by atoms with Gasteiger partial charge in [-0.25, -0.2) is 4.98 Å². The number of hydrogen-bond acceptors (Lipinski definition) is 4. The van der Waals surface area contributed by atoms with Gasteiger partial charge < -0.3 is 5.11 Å². The Labute approximate surface area is 123 Å². The summed E-state index contributed by atoms with van der Waals surface area (Å²) in [6.07, 6.45) is 3.82. The molecule has 0 radical (unpaired) electrons. The molecule has 1 saturated carbocycles. The van der Waals surface area contributed by atoms with Crippen molar-refractivity contribution in [3.63, 3.8) is 0 Å². The van der Waals surface area contributed by atoms with Crippen LogP contribution in [0.4, 0.5) is 0 Å². The maximum Gasteiger partial charge on any atom is 0.182 e. The van der Waals surface area contributed by atoms with Crippen molar-refractivity contribution in [2.75, 3.05) is 0 Å². The van der Waals surface area contributed by atoms with Gasteiger partial charge in [-0.3, -0.25) is 4.68 Å². The third-order valence-corrected chi connectivity index (χ3v) is 4.49. The van der Waals surface area contributed by atoms with Crippen LogP contribution < -0.4 is 0 Å². The van der Waals surface area contributed by atoms with Gasteiger partial charge >= 0.3 is 0 Å². The van der Waals surface area contributed by atoms with Gasteiger partial charge in [0.25, 0.3) is 0 Å². The maximum atomic E-state index is 10.8. The maximum absolute atomic E-state index is 10.8. The highest BCUT2D eigenvalue weighted by Crippen LogP contribution is 2.45. The first-order valence-electron chi connectivity index (χ1n) is 7.13. The van der Waals surface area contributed by atoms with Crippen molar-refractivity contribution >= 4 is 0 Å². The first-order valence-corrected chi connectivity index (χ1v) is 7.13. The summed E-state index contributed by atoms with van der Waals surface area (Å²) < 4.78 is 1.59. The molecule has 0 bridgehead atoms. The van der Waals surface area contributed by atoms with Gasteiger partial charge in [-0.05, 0) is 31.2 Å². The zero-order chi connectivity index (χ0) is 14.9. The Balaban J connectivity index is 1.85. The van der Waals surface area contributed by atoms with E-state index in [1.807, 2.05) is 30.3 Å². The SMILES string of the molecule is Cn1cnc([C@]2(O)CC[C@@](C#N)(c3ccccc3)CC2)n1. The van der Waals surface area contributed by atoms with Gasteiger partial charge in [-0.2, -0.15) is 10.4 Å². The van der Waals surface area contributed by atoms with Gasteiger partial charge in [0, 0.05) is 7.05 Å². The highest BCUT2D eigenvalue weighted by molar-refractivity contribution is 5.33. The van der Waals surface area contributed by atoms with Gasteiger partial charge in [0.1, 0.15) is 11.9 Å². The molecule has 0 atom stereocenters. The summed E-state index contributed by atoms with van der Waals surface area (Å²) in [5.41, 5.74) is -0.498. The standard InChI is InChI=1S/C16H18N4O/c1-20-12-18-14(19-20)16(21)9-7-15(11-17,8-10-16)13-5-3-2-4-6-13/h2-6,12,21H,7-10H2,1H3/t15-,16+. The average molecular weight is 282 g/mol. The summed E-state index contributed by atoms with van der Waals surface area (Å²) in [7, 11) is 1.78. The van der Waals surface area contributed by atoms with E-state index in [9.17, 15) is 10.4 Å². The molecule has 2 aromatic rings. The van der Waals surface area contributed by atoms with E-state index in [0.717, 1.165) is 5.56 Å². The molecule has 108 valence electrons. The Kier molecular flexibility index (Phi) is 3.26. The molecule has 3 rings (SSSR count). The third-order valence-electron chi connectivity index (χ3n) is 4.49. The summed E-state index contributed by atoms with van der Waals surface area (Å²) in [6.45, 7) is 0. The van der Waals surface area contributed by atoms with Crippen molar-refractivity contribution in [1.29, 1.82) is 5.26 Å². The molecule has 0 saturated heterocycles. The second-order valence-corrected chi connectivity index (χ2v) is 5.83. The van der Waals surface area contributed by atoms with Gasteiger partial charge in [0.15, 0.2) is 5.82 Å².